The van der Waals surface area contributed by atoms with Crippen molar-refractivity contribution < 1.29 is 10.0 Å². The van der Waals surface area contributed by atoms with E-state index in [4.69, 9.17) is 5.11 Å². The summed E-state index contributed by atoms with van der Waals surface area (Å²) in [5, 5.41) is 28.4. The second kappa shape index (κ2) is 6.02. The van der Waals surface area contributed by atoms with E-state index in [0.717, 1.165) is 5.56 Å². The molecule has 0 radical (unpaired) electrons. The molecule has 0 spiro atoms. The Morgan fingerprint density at radius 2 is 2.25 bits per heavy atom. The summed E-state index contributed by atoms with van der Waals surface area (Å²) >= 11 is 1.44. The van der Waals surface area contributed by atoms with Crippen LogP contribution in [0.25, 0.3) is 0 Å². The third-order valence-electron chi connectivity index (χ3n) is 2.90. The lowest BCUT2D eigenvalue weighted by Crippen LogP contribution is -2.00. The average Bonchev–Trinajstić information content (AvgIpc) is 2.79. The Morgan fingerprint density at radius 1 is 1.50 bits per heavy atom. The first-order valence-electron chi connectivity index (χ1n) is 5.93. The van der Waals surface area contributed by atoms with Gasteiger partial charge < -0.3 is 9.67 Å². The number of rotatable bonds is 5. The highest BCUT2D eigenvalue weighted by molar-refractivity contribution is 7.99. The highest BCUT2D eigenvalue weighted by Gasteiger charge is 2.16. The van der Waals surface area contributed by atoms with E-state index in [9.17, 15) is 10.1 Å². The van der Waals surface area contributed by atoms with Crippen LogP contribution in [-0.2, 0) is 13.7 Å². The highest BCUT2D eigenvalue weighted by Crippen LogP contribution is 2.34. The van der Waals surface area contributed by atoms with Gasteiger partial charge in [-0.1, -0.05) is 23.9 Å². The molecule has 1 heterocycles. The van der Waals surface area contributed by atoms with Crippen LogP contribution in [-0.4, -0.2) is 24.8 Å². The molecule has 0 aliphatic rings. The summed E-state index contributed by atoms with van der Waals surface area (Å²) in [6.07, 6.45) is 0. The first kappa shape index (κ1) is 14.5. The zero-order chi connectivity index (χ0) is 14.7. The fraction of sp³-hybridized carbons (Fsp3) is 0.333. The standard InChI is InChI=1S/C12H14N4O3S/c1-8(9-4-3-5-10(6-9)16(18)19)20-12-14-13-11(7-17)15(12)2/h3-6,8,17H,7H2,1-2H3. The molecule has 0 fully saturated rings. The third kappa shape index (κ3) is 2.97. The summed E-state index contributed by atoms with van der Waals surface area (Å²) < 4.78 is 1.71. The zero-order valence-electron chi connectivity index (χ0n) is 11.1. The number of thioether (sulfide) groups is 1. The van der Waals surface area contributed by atoms with Gasteiger partial charge in [-0.25, -0.2) is 0 Å². The molecule has 0 aliphatic carbocycles. The average molecular weight is 294 g/mol. The van der Waals surface area contributed by atoms with Crippen molar-refractivity contribution in [2.45, 2.75) is 23.9 Å². The fourth-order valence-corrected chi connectivity index (χ4v) is 2.65. The molecule has 1 unspecified atom stereocenters. The maximum Gasteiger partial charge on any atom is 0.269 e. The van der Waals surface area contributed by atoms with E-state index in [1.54, 1.807) is 23.7 Å². The molecule has 1 aromatic heterocycles. The predicted molar refractivity (Wildman–Crippen MR) is 74.3 cm³/mol. The van der Waals surface area contributed by atoms with Crippen molar-refractivity contribution in [3.05, 3.63) is 45.8 Å². The van der Waals surface area contributed by atoms with Gasteiger partial charge in [0.2, 0.25) is 0 Å². The number of nitro groups is 1. The van der Waals surface area contributed by atoms with Crippen molar-refractivity contribution in [3.8, 4) is 0 Å². The highest BCUT2D eigenvalue weighted by atomic mass is 32.2. The van der Waals surface area contributed by atoms with Crippen molar-refractivity contribution in [3.63, 3.8) is 0 Å². The number of aliphatic hydroxyl groups is 1. The van der Waals surface area contributed by atoms with Crippen LogP contribution in [0.5, 0.6) is 0 Å². The number of aliphatic hydroxyl groups excluding tert-OH is 1. The summed E-state index contributed by atoms with van der Waals surface area (Å²) in [7, 11) is 1.77. The molecule has 106 valence electrons. The van der Waals surface area contributed by atoms with Crippen molar-refractivity contribution in [1.29, 1.82) is 0 Å². The first-order valence-corrected chi connectivity index (χ1v) is 6.81. The van der Waals surface area contributed by atoms with E-state index in [0.29, 0.717) is 11.0 Å². The lowest BCUT2D eigenvalue weighted by molar-refractivity contribution is -0.384. The Morgan fingerprint density at radius 3 is 2.85 bits per heavy atom. The molecule has 1 N–H and O–H groups in total. The van der Waals surface area contributed by atoms with Crippen LogP contribution in [0, 0.1) is 10.1 Å². The van der Waals surface area contributed by atoms with Crippen molar-refractivity contribution >= 4 is 17.4 Å². The van der Waals surface area contributed by atoms with E-state index >= 15 is 0 Å². The van der Waals surface area contributed by atoms with Crippen LogP contribution in [0.1, 0.15) is 23.6 Å². The van der Waals surface area contributed by atoms with Gasteiger partial charge in [-0.15, -0.1) is 10.2 Å². The number of nitrogens with zero attached hydrogens (tertiary/aromatic N) is 4. The summed E-state index contributed by atoms with van der Waals surface area (Å²) in [4.78, 5) is 10.4. The molecule has 0 aliphatic heterocycles. The molecule has 20 heavy (non-hydrogen) atoms. The monoisotopic (exact) mass is 294 g/mol. The Balaban J connectivity index is 2.19. The quantitative estimate of drug-likeness (QED) is 0.515. The van der Waals surface area contributed by atoms with Gasteiger partial charge in [0.05, 0.1) is 4.92 Å². The minimum Gasteiger partial charge on any atom is -0.388 e. The van der Waals surface area contributed by atoms with Gasteiger partial charge in [0.1, 0.15) is 6.61 Å². The van der Waals surface area contributed by atoms with Crippen LogP contribution in [0.3, 0.4) is 0 Å². The Labute approximate surface area is 119 Å². The normalized spacial score (nSPS) is 12.3. The third-order valence-corrected chi connectivity index (χ3v) is 4.09. The Hall–Kier alpha value is -1.93. The van der Waals surface area contributed by atoms with Crippen LogP contribution in [0.4, 0.5) is 5.69 Å². The molecular formula is C12H14N4O3S. The summed E-state index contributed by atoms with van der Waals surface area (Å²) in [5.41, 5.74) is 0.918. The summed E-state index contributed by atoms with van der Waals surface area (Å²) in [6, 6.07) is 6.53. The SMILES string of the molecule is CC(Sc1nnc(CO)n1C)c1cccc([N+](=O)[O-])c1. The molecular weight excluding hydrogens is 280 g/mol. The molecule has 2 aromatic rings. The van der Waals surface area contributed by atoms with E-state index in [1.165, 1.54) is 17.8 Å². The molecule has 7 nitrogen and oxygen atoms in total. The summed E-state index contributed by atoms with van der Waals surface area (Å²) in [5.74, 6) is 0.485. The van der Waals surface area contributed by atoms with Gasteiger partial charge >= 0.3 is 0 Å². The van der Waals surface area contributed by atoms with E-state index in [1.807, 2.05) is 13.0 Å². The smallest absolute Gasteiger partial charge is 0.269 e. The van der Waals surface area contributed by atoms with Crippen LogP contribution in [0.2, 0.25) is 0 Å². The van der Waals surface area contributed by atoms with Crippen molar-refractivity contribution in [2.24, 2.45) is 7.05 Å². The molecule has 0 saturated heterocycles. The van der Waals surface area contributed by atoms with Crippen LogP contribution >= 0.6 is 11.8 Å². The Kier molecular flexibility index (Phi) is 4.35. The van der Waals surface area contributed by atoms with E-state index in [-0.39, 0.29) is 17.5 Å². The Bertz CT molecular complexity index is 629. The van der Waals surface area contributed by atoms with Crippen molar-refractivity contribution in [1.82, 2.24) is 14.8 Å². The second-order valence-electron chi connectivity index (χ2n) is 4.23. The topological polar surface area (TPSA) is 94.1 Å². The summed E-state index contributed by atoms with van der Waals surface area (Å²) in [6.45, 7) is 1.77. The predicted octanol–water partition coefficient (Wildman–Crippen LogP) is 2.07. The van der Waals surface area contributed by atoms with Crippen molar-refractivity contribution in [2.75, 3.05) is 0 Å². The molecule has 0 amide bonds. The molecule has 0 bridgehead atoms. The number of non-ortho nitro benzene ring substituents is 1. The van der Waals surface area contributed by atoms with Crippen LogP contribution in [0.15, 0.2) is 29.4 Å². The number of aromatic nitrogens is 3. The zero-order valence-corrected chi connectivity index (χ0v) is 11.9. The molecule has 0 saturated carbocycles. The second-order valence-corrected chi connectivity index (χ2v) is 5.54. The molecule has 1 atom stereocenters. The number of hydrogen-bond donors (Lipinski definition) is 1. The number of benzene rings is 1. The van der Waals surface area contributed by atoms with Gasteiger partial charge in [-0.2, -0.15) is 0 Å². The lowest BCUT2D eigenvalue weighted by Gasteiger charge is -2.10. The van der Waals surface area contributed by atoms with Gasteiger partial charge in [0.25, 0.3) is 5.69 Å². The van der Waals surface area contributed by atoms with Gasteiger partial charge in [-0.3, -0.25) is 10.1 Å². The van der Waals surface area contributed by atoms with Gasteiger partial charge in [-0.05, 0) is 12.5 Å². The maximum atomic E-state index is 10.8. The maximum absolute atomic E-state index is 10.8. The minimum absolute atomic E-state index is 0.00987. The lowest BCUT2D eigenvalue weighted by atomic mass is 10.1. The van der Waals surface area contributed by atoms with Gasteiger partial charge in [0.15, 0.2) is 11.0 Å². The molecule has 8 heteroatoms. The van der Waals surface area contributed by atoms with E-state index in [2.05, 4.69) is 10.2 Å². The van der Waals surface area contributed by atoms with Crippen LogP contribution < -0.4 is 0 Å². The molecule has 1 aromatic carbocycles. The van der Waals surface area contributed by atoms with E-state index < -0.39 is 4.92 Å². The van der Waals surface area contributed by atoms with Gasteiger partial charge in [0, 0.05) is 24.4 Å². The fourth-order valence-electron chi connectivity index (χ4n) is 1.70. The molecule has 2 rings (SSSR count). The largest absolute Gasteiger partial charge is 0.388 e. The number of nitro benzene ring substituents is 1. The minimum atomic E-state index is -0.410. The number of hydrogen-bond acceptors (Lipinski definition) is 6. The first-order chi connectivity index (χ1) is 9.52.